The van der Waals surface area contributed by atoms with E-state index in [2.05, 4.69) is 9.55 Å². The van der Waals surface area contributed by atoms with Crippen molar-refractivity contribution in [3.05, 3.63) is 17.7 Å². The standard InChI is InChI=1S/C8H13N3/c9-5-8-10-6-7-3-1-2-4-11(7)8/h6H,1-5,9H2. The molecule has 0 bridgehead atoms. The van der Waals surface area contributed by atoms with E-state index in [-0.39, 0.29) is 0 Å². The Morgan fingerprint density at radius 2 is 2.45 bits per heavy atom. The Kier molecular flexibility index (Phi) is 1.66. The maximum absolute atomic E-state index is 5.54. The lowest BCUT2D eigenvalue weighted by Crippen LogP contribution is -2.14. The smallest absolute Gasteiger partial charge is 0.122 e. The SMILES string of the molecule is NCc1ncc2n1CCCC2. The van der Waals surface area contributed by atoms with Crippen LogP contribution in [0.1, 0.15) is 24.4 Å². The van der Waals surface area contributed by atoms with Crippen molar-refractivity contribution in [2.24, 2.45) is 5.73 Å². The van der Waals surface area contributed by atoms with Crippen molar-refractivity contribution in [2.75, 3.05) is 0 Å². The fourth-order valence-corrected chi connectivity index (χ4v) is 1.67. The van der Waals surface area contributed by atoms with Gasteiger partial charge < -0.3 is 10.3 Å². The predicted molar refractivity (Wildman–Crippen MR) is 43.1 cm³/mol. The molecule has 0 aromatic carbocycles. The number of nitrogens with two attached hydrogens (primary N) is 1. The number of aryl methyl sites for hydroxylation is 1. The lowest BCUT2D eigenvalue weighted by atomic mass is 10.1. The average molecular weight is 151 g/mol. The normalized spacial score (nSPS) is 16.5. The fourth-order valence-electron chi connectivity index (χ4n) is 1.67. The van der Waals surface area contributed by atoms with Crippen LogP contribution in [0, 0.1) is 0 Å². The second kappa shape index (κ2) is 2.66. The first-order valence-corrected chi connectivity index (χ1v) is 4.15. The molecule has 2 rings (SSSR count). The summed E-state index contributed by atoms with van der Waals surface area (Å²) in [5.74, 6) is 1.04. The first-order chi connectivity index (χ1) is 5.42. The summed E-state index contributed by atoms with van der Waals surface area (Å²) in [6.07, 6.45) is 5.71. The van der Waals surface area contributed by atoms with Crippen molar-refractivity contribution >= 4 is 0 Å². The topological polar surface area (TPSA) is 43.8 Å². The highest BCUT2D eigenvalue weighted by Gasteiger charge is 2.11. The average Bonchev–Trinajstić information content (AvgIpc) is 2.47. The molecular formula is C8H13N3. The van der Waals surface area contributed by atoms with Gasteiger partial charge >= 0.3 is 0 Å². The number of rotatable bonds is 1. The number of hydrogen-bond donors (Lipinski definition) is 1. The largest absolute Gasteiger partial charge is 0.331 e. The molecule has 1 aromatic heterocycles. The van der Waals surface area contributed by atoms with Gasteiger partial charge in [-0.05, 0) is 19.3 Å². The molecule has 1 aliphatic heterocycles. The number of nitrogens with zero attached hydrogens (tertiary/aromatic N) is 2. The van der Waals surface area contributed by atoms with Crippen LogP contribution >= 0.6 is 0 Å². The van der Waals surface area contributed by atoms with Crippen molar-refractivity contribution < 1.29 is 0 Å². The summed E-state index contributed by atoms with van der Waals surface area (Å²) in [5.41, 5.74) is 6.89. The molecule has 0 spiro atoms. The van der Waals surface area contributed by atoms with E-state index in [1.165, 1.54) is 25.0 Å². The van der Waals surface area contributed by atoms with E-state index in [0.717, 1.165) is 12.4 Å². The highest BCUT2D eigenvalue weighted by atomic mass is 15.1. The second-order valence-electron chi connectivity index (χ2n) is 2.98. The molecule has 0 saturated heterocycles. The Morgan fingerprint density at radius 3 is 3.27 bits per heavy atom. The summed E-state index contributed by atoms with van der Waals surface area (Å²) in [6, 6.07) is 0. The molecule has 2 N–H and O–H groups in total. The van der Waals surface area contributed by atoms with Crippen LogP contribution < -0.4 is 5.73 Å². The molecule has 0 unspecified atom stereocenters. The third-order valence-corrected chi connectivity index (χ3v) is 2.27. The van der Waals surface area contributed by atoms with Crippen LogP contribution in [0.25, 0.3) is 0 Å². The van der Waals surface area contributed by atoms with E-state index in [1.54, 1.807) is 0 Å². The monoisotopic (exact) mass is 151 g/mol. The Morgan fingerprint density at radius 1 is 1.55 bits per heavy atom. The van der Waals surface area contributed by atoms with Crippen molar-refractivity contribution in [3.8, 4) is 0 Å². The number of fused-ring (bicyclic) bond motifs is 1. The van der Waals surface area contributed by atoms with Gasteiger partial charge in [-0.15, -0.1) is 0 Å². The number of aromatic nitrogens is 2. The molecule has 3 nitrogen and oxygen atoms in total. The van der Waals surface area contributed by atoms with Gasteiger partial charge in [-0.2, -0.15) is 0 Å². The first-order valence-electron chi connectivity index (χ1n) is 4.15. The highest BCUT2D eigenvalue weighted by Crippen LogP contribution is 2.15. The summed E-state index contributed by atoms with van der Waals surface area (Å²) >= 11 is 0. The molecule has 11 heavy (non-hydrogen) atoms. The molecule has 2 heterocycles. The molecule has 60 valence electrons. The Balaban J connectivity index is 2.38. The first kappa shape index (κ1) is 6.85. The Hall–Kier alpha value is -0.830. The van der Waals surface area contributed by atoms with Crippen LogP contribution in [0.5, 0.6) is 0 Å². The molecule has 1 aliphatic rings. The molecule has 0 atom stereocenters. The summed E-state index contributed by atoms with van der Waals surface area (Å²) < 4.78 is 2.25. The zero-order chi connectivity index (χ0) is 7.68. The quantitative estimate of drug-likeness (QED) is 0.641. The van der Waals surface area contributed by atoms with Gasteiger partial charge in [0, 0.05) is 18.4 Å². The lowest BCUT2D eigenvalue weighted by Gasteiger charge is -2.15. The number of imidazole rings is 1. The van der Waals surface area contributed by atoms with Crippen LogP contribution in [-0.2, 0) is 19.5 Å². The molecule has 0 radical (unpaired) electrons. The molecule has 0 saturated carbocycles. The van der Waals surface area contributed by atoms with Gasteiger partial charge in [-0.1, -0.05) is 0 Å². The van der Waals surface area contributed by atoms with Gasteiger partial charge in [-0.3, -0.25) is 0 Å². The van der Waals surface area contributed by atoms with Crippen LogP contribution in [0.15, 0.2) is 6.20 Å². The van der Waals surface area contributed by atoms with E-state index in [4.69, 9.17) is 5.73 Å². The zero-order valence-electron chi connectivity index (χ0n) is 6.58. The summed E-state index contributed by atoms with van der Waals surface area (Å²) in [4.78, 5) is 4.25. The lowest BCUT2D eigenvalue weighted by molar-refractivity contribution is 0.515. The van der Waals surface area contributed by atoms with Gasteiger partial charge in [0.1, 0.15) is 5.82 Å². The van der Waals surface area contributed by atoms with Gasteiger partial charge in [0.2, 0.25) is 0 Å². The minimum Gasteiger partial charge on any atom is -0.331 e. The Labute approximate surface area is 66.2 Å². The molecule has 3 heteroatoms. The van der Waals surface area contributed by atoms with Gasteiger partial charge in [0.05, 0.1) is 6.54 Å². The van der Waals surface area contributed by atoms with Crippen LogP contribution in [0.3, 0.4) is 0 Å². The minimum absolute atomic E-state index is 0.569. The van der Waals surface area contributed by atoms with Crippen molar-refractivity contribution in [2.45, 2.75) is 32.4 Å². The molecular weight excluding hydrogens is 138 g/mol. The van der Waals surface area contributed by atoms with E-state index >= 15 is 0 Å². The van der Waals surface area contributed by atoms with Gasteiger partial charge in [0.15, 0.2) is 0 Å². The fraction of sp³-hybridized carbons (Fsp3) is 0.625. The molecule has 0 fully saturated rings. The Bertz CT molecular complexity index is 238. The van der Waals surface area contributed by atoms with Crippen molar-refractivity contribution in [1.82, 2.24) is 9.55 Å². The minimum atomic E-state index is 0.569. The third-order valence-electron chi connectivity index (χ3n) is 2.27. The second-order valence-corrected chi connectivity index (χ2v) is 2.98. The van der Waals surface area contributed by atoms with Gasteiger partial charge in [0.25, 0.3) is 0 Å². The summed E-state index contributed by atoms with van der Waals surface area (Å²) in [5, 5.41) is 0. The van der Waals surface area contributed by atoms with Crippen LogP contribution in [0.4, 0.5) is 0 Å². The van der Waals surface area contributed by atoms with Crippen molar-refractivity contribution in [3.63, 3.8) is 0 Å². The number of hydrogen-bond acceptors (Lipinski definition) is 2. The maximum atomic E-state index is 5.54. The van der Waals surface area contributed by atoms with E-state index < -0.39 is 0 Å². The van der Waals surface area contributed by atoms with E-state index in [1.807, 2.05) is 6.20 Å². The van der Waals surface area contributed by atoms with E-state index in [9.17, 15) is 0 Å². The highest BCUT2D eigenvalue weighted by molar-refractivity contribution is 5.07. The zero-order valence-corrected chi connectivity index (χ0v) is 6.58. The molecule has 1 aromatic rings. The maximum Gasteiger partial charge on any atom is 0.122 e. The van der Waals surface area contributed by atoms with Gasteiger partial charge in [-0.25, -0.2) is 4.98 Å². The summed E-state index contributed by atoms with van der Waals surface area (Å²) in [6.45, 7) is 1.68. The predicted octanol–water partition coefficient (Wildman–Crippen LogP) is 0.678. The van der Waals surface area contributed by atoms with E-state index in [0.29, 0.717) is 6.54 Å². The summed E-state index contributed by atoms with van der Waals surface area (Å²) in [7, 11) is 0. The molecule has 0 aliphatic carbocycles. The third kappa shape index (κ3) is 1.05. The molecule has 0 amide bonds. The van der Waals surface area contributed by atoms with Crippen molar-refractivity contribution in [1.29, 1.82) is 0 Å². The van der Waals surface area contributed by atoms with Crippen LogP contribution in [0.2, 0.25) is 0 Å². The van der Waals surface area contributed by atoms with Crippen LogP contribution in [-0.4, -0.2) is 9.55 Å².